The molecule has 0 bridgehead atoms. The van der Waals surface area contributed by atoms with Gasteiger partial charge in [0.15, 0.2) is 0 Å². The van der Waals surface area contributed by atoms with Crippen LogP contribution in [0.2, 0.25) is 0 Å². The van der Waals surface area contributed by atoms with Crippen LogP contribution in [0.3, 0.4) is 0 Å². The fourth-order valence-electron chi connectivity index (χ4n) is 2.92. The van der Waals surface area contributed by atoms with Gasteiger partial charge in [-0.3, -0.25) is 0 Å². The van der Waals surface area contributed by atoms with Gasteiger partial charge in [-0.05, 0) is 39.5 Å². The van der Waals surface area contributed by atoms with Crippen molar-refractivity contribution in [3.05, 3.63) is 11.9 Å². The summed E-state index contributed by atoms with van der Waals surface area (Å²) in [5.74, 6) is 0.777. The molecule has 1 aromatic heterocycles. The van der Waals surface area contributed by atoms with Crippen molar-refractivity contribution in [3.8, 4) is 0 Å². The van der Waals surface area contributed by atoms with Crippen molar-refractivity contribution in [2.24, 2.45) is 5.92 Å². The molecule has 1 saturated carbocycles. The molecular weight excluding hydrogens is 236 g/mol. The Bertz CT molecular complexity index is 391. The van der Waals surface area contributed by atoms with Gasteiger partial charge in [0.2, 0.25) is 0 Å². The summed E-state index contributed by atoms with van der Waals surface area (Å²) in [5.41, 5.74) is 1.18. The van der Waals surface area contributed by atoms with Crippen molar-refractivity contribution in [3.63, 3.8) is 0 Å². The molecule has 1 aliphatic rings. The summed E-state index contributed by atoms with van der Waals surface area (Å²) in [6.45, 7) is 9.61. The lowest BCUT2D eigenvalue weighted by Gasteiger charge is -2.30. The number of hydrogen-bond donors (Lipinski definition) is 1. The van der Waals surface area contributed by atoms with E-state index in [1.165, 1.54) is 32.1 Å². The largest absolute Gasteiger partial charge is 0.306 e. The molecule has 0 spiro atoms. The van der Waals surface area contributed by atoms with Crippen LogP contribution in [0.15, 0.2) is 6.20 Å². The molecular formula is C15H28N4. The second-order valence-electron chi connectivity index (χ2n) is 6.81. The quantitative estimate of drug-likeness (QED) is 0.907. The normalized spacial score (nSPS) is 24.6. The topological polar surface area (TPSA) is 42.7 Å². The predicted molar refractivity (Wildman–Crippen MR) is 77.9 cm³/mol. The van der Waals surface area contributed by atoms with Gasteiger partial charge in [-0.1, -0.05) is 31.4 Å². The summed E-state index contributed by atoms with van der Waals surface area (Å²) in [5, 5.41) is 12.1. The summed E-state index contributed by atoms with van der Waals surface area (Å²) in [6.07, 6.45) is 8.70. The molecule has 1 fully saturated rings. The highest BCUT2D eigenvalue weighted by molar-refractivity contribution is 4.95. The first-order chi connectivity index (χ1) is 8.99. The molecule has 0 aromatic carbocycles. The molecule has 0 saturated heterocycles. The first-order valence-corrected chi connectivity index (χ1v) is 7.65. The maximum atomic E-state index is 4.37. The van der Waals surface area contributed by atoms with Crippen LogP contribution in [-0.2, 0) is 6.54 Å². The molecule has 0 amide bonds. The van der Waals surface area contributed by atoms with Gasteiger partial charge in [-0.25, -0.2) is 4.68 Å². The number of hydrogen-bond acceptors (Lipinski definition) is 3. The summed E-state index contributed by atoms with van der Waals surface area (Å²) in [4.78, 5) is 0. The summed E-state index contributed by atoms with van der Waals surface area (Å²) < 4.78 is 2.12. The lowest BCUT2D eigenvalue weighted by molar-refractivity contribution is 0.214. The number of rotatable bonds is 4. The number of nitrogens with zero attached hydrogens (tertiary/aromatic N) is 3. The third-order valence-corrected chi connectivity index (χ3v) is 4.09. The van der Waals surface area contributed by atoms with E-state index < -0.39 is 0 Å². The molecule has 2 unspecified atom stereocenters. The predicted octanol–water partition coefficient (Wildman–Crippen LogP) is 3.31. The van der Waals surface area contributed by atoms with Gasteiger partial charge in [0.05, 0.1) is 17.9 Å². The molecule has 1 aromatic rings. The Morgan fingerprint density at radius 2 is 2.05 bits per heavy atom. The van der Waals surface area contributed by atoms with E-state index in [9.17, 15) is 0 Å². The SMILES string of the molecule is CCC1CCCCC1n1cc(CNC(C)(C)C)nn1. The fraction of sp³-hybridized carbons (Fsp3) is 0.867. The van der Waals surface area contributed by atoms with Crippen LogP contribution in [0.5, 0.6) is 0 Å². The molecule has 19 heavy (non-hydrogen) atoms. The Balaban J connectivity index is 1.99. The highest BCUT2D eigenvalue weighted by atomic mass is 15.4. The van der Waals surface area contributed by atoms with Crippen molar-refractivity contribution in [2.75, 3.05) is 0 Å². The van der Waals surface area contributed by atoms with Crippen LogP contribution in [-0.4, -0.2) is 20.5 Å². The van der Waals surface area contributed by atoms with Crippen molar-refractivity contribution in [1.29, 1.82) is 0 Å². The summed E-state index contributed by atoms with van der Waals surface area (Å²) in [7, 11) is 0. The Labute approximate surface area is 117 Å². The number of nitrogens with one attached hydrogen (secondary N) is 1. The van der Waals surface area contributed by atoms with Gasteiger partial charge >= 0.3 is 0 Å². The first kappa shape index (κ1) is 14.5. The van der Waals surface area contributed by atoms with Gasteiger partial charge in [-0.2, -0.15) is 0 Å². The maximum absolute atomic E-state index is 4.37. The zero-order valence-corrected chi connectivity index (χ0v) is 12.8. The zero-order valence-electron chi connectivity index (χ0n) is 12.8. The minimum atomic E-state index is 0.126. The van der Waals surface area contributed by atoms with Crippen LogP contribution in [0, 0.1) is 5.92 Å². The lowest BCUT2D eigenvalue weighted by atomic mass is 9.83. The van der Waals surface area contributed by atoms with Crippen LogP contribution >= 0.6 is 0 Å². The molecule has 2 rings (SSSR count). The van der Waals surface area contributed by atoms with Crippen LogP contribution < -0.4 is 5.32 Å². The Hall–Kier alpha value is -0.900. The van der Waals surface area contributed by atoms with E-state index in [-0.39, 0.29) is 5.54 Å². The lowest BCUT2D eigenvalue weighted by Crippen LogP contribution is -2.35. The van der Waals surface area contributed by atoms with Crippen molar-refractivity contribution >= 4 is 0 Å². The zero-order chi connectivity index (χ0) is 13.9. The molecule has 4 nitrogen and oxygen atoms in total. The minimum absolute atomic E-state index is 0.126. The molecule has 4 heteroatoms. The smallest absolute Gasteiger partial charge is 0.0965 e. The maximum Gasteiger partial charge on any atom is 0.0965 e. The van der Waals surface area contributed by atoms with E-state index in [0.717, 1.165) is 18.2 Å². The molecule has 108 valence electrons. The van der Waals surface area contributed by atoms with Gasteiger partial charge in [0.25, 0.3) is 0 Å². The third-order valence-electron chi connectivity index (χ3n) is 4.09. The van der Waals surface area contributed by atoms with E-state index in [4.69, 9.17) is 0 Å². The van der Waals surface area contributed by atoms with E-state index in [0.29, 0.717) is 6.04 Å². The molecule has 1 aliphatic carbocycles. The number of aromatic nitrogens is 3. The summed E-state index contributed by atoms with van der Waals surface area (Å²) >= 11 is 0. The minimum Gasteiger partial charge on any atom is -0.306 e. The second-order valence-corrected chi connectivity index (χ2v) is 6.81. The van der Waals surface area contributed by atoms with Crippen molar-refractivity contribution < 1.29 is 0 Å². The third kappa shape index (κ3) is 4.03. The average molecular weight is 264 g/mol. The van der Waals surface area contributed by atoms with Gasteiger partial charge in [-0.15, -0.1) is 5.10 Å². The van der Waals surface area contributed by atoms with Crippen molar-refractivity contribution in [2.45, 2.75) is 77.9 Å². The highest BCUT2D eigenvalue weighted by Gasteiger charge is 2.26. The van der Waals surface area contributed by atoms with Crippen LogP contribution in [0.25, 0.3) is 0 Å². The van der Waals surface area contributed by atoms with Gasteiger partial charge in [0, 0.05) is 12.1 Å². The molecule has 2 atom stereocenters. The molecule has 1 heterocycles. The van der Waals surface area contributed by atoms with Gasteiger partial charge in [0.1, 0.15) is 0 Å². The van der Waals surface area contributed by atoms with Gasteiger partial charge < -0.3 is 5.32 Å². The van der Waals surface area contributed by atoms with Crippen LogP contribution in [0.4, 0.5) is 0 Å². The van der Waals surface area contributed by atoms with E-state index >= 15 is 0 Å². The van der Waals surface area contributed by atoms with E-state index in [2.05, 4.69) is 54.2 Å². The Kier molecular flexibility index (Phi) is 4.61. The molecule has 0 radical (unpaired) electrons. The van der Waals surface area contributed by atoms with E-state index in [1.807, 2.05) is 0 Å². The average Bonchev–Trinajstić information content (AvgIpc) is 2.84. The summed E-state index contributed by atoms with van der Waals surface area (Å²) in [6, 6.07) is 0.564. The van der Waals surface area contributed by atoms with Crippen LogP contribution in [0.1, 0.15) is 71.5 Å². The second kappa shape index (κ2) is 6.04. The highest BCUT2D eigenvalue weighted by Crippen LogP contribution is 2.35. The fourth-order valence-corrected chi connectivity index (χ4v) is 2.92. The standard InChI is InChI=1S/C15H28N4/c1-5-12-8-6-7-9-14(12)19-11-13(17-18-19)10-16-15(2,3)4/h11-12,14,16H,5-10H2,1-4H3. The monoisotopic (exact) mass is 264 g/mol. The molecule has 1 N–H and O–H groups in total. The van der Waals surface area contributed by atoms with E-state index in [1.54, 1.807) is 0 Å². The van der Waals surface area contributed by atoms with Crippen molar-refractivity contribution in [1.82, 2.24) is 20.3 Å². The first-order valence-electron chi connectivity index (χ1n) is 7.65. The molecule has 0 aliphatic heterocycles. The Morgan fingerprint density at radius 3 is 2.74 bits per heavy atom. The Morgan fingerprint density at radius 1 is 1.32 bits per heavy atom.